The monoisotopic (exact) mass is 473 g/mol. The van der Waals surface area contributed by atoms with E-state index in [1.807, 2.05) is 0 Å². The molecule has 7 nitrogen and oxygen atoms in total. The van der Waals surface area contributed by atoms with Gasteiger partial charge in [-0.2, -0.15) is 0 Å². The molecule has 3 aromatic carbocycles. The molecule has 0 aliphatic rings. The molecule has 0 N–H and O–H groups in total. The normalized spacial score (nSPS) is 11.0. The number of methoxy groups -OCH3 is 3. The zero-order valence-corrected chi connectivity index (χ0v) is 19.3. The molecule has 0 unspecified atom stereocenters. The van der Waals surface area contributed by atoms with Crippen LogP contribution in [-0.2, 0) is 16.6 Å². The third-order valence-corrected chi connectivity index (χ3v) is 6.62. The number of anilines is 1. The Kier molecular flexibility index (Phi) is 7.55. The molecule has 174 valence electrons. The van der Waals surface area contributed by atoms with Gasteiger partial charge in [-0.15, -0.1) is 0 Å². The molecule has 9 heteroatoms. The molecule has 0 radical (unpaired) electrons. The Bertz CT molecular complexity index is 1190. The summed E-state index contributed by atoms with van der Waals surface area (Å²) >= 11 is 0. The Morgan fingerprint density at radius 3 is 1.97 bits per heavy atom. The summed E-state index contributed by atoms with van der Waals surface area (Å²) in [6.07, 6.45) is 0. The number of nitrogens with zero attached hydrogens (tertiary/aromatic N) is 1. The third-order valence-electron chi connectivity index (χ3n) is 4.98. The van der Waals surface area contributed by atoms with Crippen LogP contribution in [0.15, 0.2) is 66.7 Å². The Morgan fingerprint density at radius 2 is 1.45 bits per heavy atom. The van der Waals surface area contributed by atoms with Crippen molar-refractivity contribution in [2.24, 2.45) is 0 Å². The Labute approximate surface area is 192 Å². The van der Waals surface area contributed by atoms with Crippen LogP contribution in [0.4, 0.5) is 10.1 Å². The van der Waals surface area contributed by atoms with E-state index in [0.29, 0.717) is 28.5 Å². The van der Waals surface area contributed by atoms with Crippen LogP contribution >= 0.6 is 0 Å². The van der Waals surface area contributed by atoms with Gasteiger partial charge in [0.15, 0.2) is 5.78 Å². The van der Waals surface area contributed by atoms with Crippen molar-refractivity contribution in [3.8, 4) is 17.2 Å². The smallest absolute Gasteiger partial charge is 0.243 e. The van der Waals surface area contributed by atoms with Crippen molar-refractivity contribution in [2.45, 2.75) is 6.54 Å². The number of sulfonamides is 1. The number of Topliss-reactive ketones (excluding diaryl/α,β-unsaturated/α-hetero) is 1. The SMILES string of the molecule is COc1cc(OC)c(CN(c2ccccc2)S(=O)(=O)CC(=O)c2ccc(F)cc2)c(OC)c1. The first kappa shape index (κ1) is 24.1. The van der Waals surface area contributed by atoms with Crippen molar-refractivity contribution in [1.82, 2.24) is 0 Å². The maximum Gasteiger partial charge on any atom is 0.243 e. The second-order valence-electron chi connectivity index (χ2n) is 7.04. The lowest BCUT2D eigenvalue weighted by Crippen LogP contribution is -2.35. The number of ether oxygens (including phenoxy) is 3. The first-order valence-electron chi connectivity index (χ1n) is 9.92. The lowest BCUT2D eigenvalue weighted by molar-refractivity contribution is 0.102. The predicted molar refractivity (Wildman–Crippen MR) is 123 cm³/mol. The highest BCUT2D eigenvalue weighted by Gasteiger charge is 2.29. The molecule has 0 spiro atoms. The van der Waals surface area contributed by atoms with Crippen molar-refractivity contribution in [1.29, 1.82) is 0 Å². The number of hydrogen-bond donors (Lipinski definition) is 0. The van der Waals surface area contributed by atoms with Crippen molar-refractivity contribution in [2.75, 3.05) is 31.4 Å². The first-order chi connectivity index (χ1) is 15.8. The second kappa shape index (κ2) is 10.4. The number of ketones is 1. The van der Waals surface area contributed by atoms with E-state index in [9.17, 15) is 17.6 Å². The van der Waals surface area contributed by atoms with Crippen LogP contribution in [0.3, 0.4) is 0 Å². The standard InChI is InChI=1S/C24H24FNO6S/c1-30-20-13-23(31-2)21(24(14-20)32-3)15-26(19-7-5-4-6-8-19)33(28,29)16-22(27)17-9-11-18(25)12-10-17/h4-14H,15-16H2,1-3H3. The average molecular weight is 474 g/mol. The molecule has 33 heavy (non-hydrogen) atoms. The largest absolute Gasteiger partial charge is 0.496 e. The van der Waals surface area contributed by atoms with E-state index in [2.05, 4.69) is 0 Å². The lowest BCUT2D eigenvalue weighted by Gasteiger charge is -2.26. The summed E-state index contributed by atoms with van der Waals surface area (Å²) in [5.41, 5.74) is 0.930. The van der Waals surface area contributed by atoms with Gasteiger partial charge in [0.05, 0.1) is 39.1 Å². The molecule has 0 bridgehead atoms. The maximum atomic E-state index is 13.4. The van der Waals surface area contributed by atoms with Crippen LogP contribution in [0.25, 0.3) is 0 Å². The number of para-hydroxylation sites is 1. The van der Waals surface area contributed by atoms with Crippen LogP contribution in [0.1, 0.15) is 15.9 Å². The summed E-state index contributed by atoms with van der Waals surface area (Å²) in [5, 5.41) is 0. The Morgan fingerprint density at radius 1 is 0.879 bits per heavy atom. The quantitative estimate of drug-likeness (QED) is 0.413. The highest BCUT2D eigenvalue weighted by Crippen LogP contribution is 2.36. The summed E-state index contributed by atoms with van der Waals surface area (Å²) in [6.45, 7) is -0.153. The fourth-order valence-corrected chi connectivity index (χ4v) is 4.71. The van der Waals surface area contributed by atoms with Gasteiger partial charge in [0.1, 0.15) is 28.8 Å². The minimum absolute atomic E-state index is 0.104. The van der Waals surface area contributed by atoms with Crippen molar-refractivity contribution in [3.05, 3.63) is 83.7 Å². The van der Waals surface area contributed by atoms with Crippen LogP contribution in [0.5, 0.6) is 17.2 Å². The number of carbonyl (C=O) groups excluding carboxylic acids is 1. The number of halogens is 1. The van der Waals surface area contributed by atoms with Crippen molar-refractivity contribution < 1.29 is 31.8 Å². The minimum atomic E-state index is -4.15. The molecule has 3 aromatic rings. The molecule has 0 aliphatic carbocycles. The van der Waals surface area contributed by atoms with Crippen LogP contribution in [-0.4, -0.2) is 41.3 Å². The summed E-state index contributed by atoms with van der Waals surface area (Å²) < 4.78 is 57.4. The molecule has 0 aromatic heterocycles. The number of benzene rings is 3. The van der Waals surface area contributed by atoms with E-state index in [0.717, 1.165) is 16.4 Å². The van der Waals surface area contributed by atoms with E-state index >= 15 is 0 Å². The zero-order valence-electron chi connectivity index (χ0n) is 18.4. The highest BCUT2D eigenvalue weighted by molar-refractivity contribution is 7.93. The zero-order chi connectivity index (χ0) is 24.0. The van der Waals surface area contributed by atoms with Gasteiger partial charge >= 0.3 is 0 Å². The Hall–Kier alpha value is -3.59. The predicted octanol–water partition coefficient (Wildman–Crippen LogP) is 4.07. The highest BCUT2D eigenvalue weighted by atomic mass is 32.2. The molecular weight excluding hydrogens is 449 g/mol. The molecule has 3 rings (SSSR count). The van der Waals surface area contributed by atoms with Crippen molar-refractivity contribution in [3.63, 3.8) is 0 Å². The lowest BCUT2D eigenvalue weighted by atomic mass is 10.1. The number of carbonyl (C=O) groups is 1. The molecule has 0 atom stereocenters. The second-order valence-corrected chi connectivity index (χ2v) is 8.93. The average Bonchev–Trinajstić information content (AvgIpc) is 2.82. The van der Waals surface area contributed by atoms with Gasteiger partial charge in [-0.3, -0.25) is 9.10 Å². The molecular formula is C24H24FNO6S. The molecule has 0 saturated heterocycles. The molecule has 0 heterocycles. The van der Waals surface area contributed by atoms with Crippen LogP contribution in [0, 0.1) is 5.82 Å². The molecule has 0 aliphatic heterocycles. The van der Waals surface area contributed by atoms with Gasteiger partial charge in [-0.1, -0.05) is 18.2 Å². The first-order valence-corrected chi connectivity index (χ1v) is 11.5. The van der Waals surface area contributed by atoms with E-state index in [4.69, 9.17) is 14.2 Å². The fourth-order valence-electron chi connectivity index (χ4n) is 3.28. The summed E-state index contributed by atoms with van der Waals surface area (Å²) in [5.74, 6) is -0.745. The van der Waals surface area contributed by atoms with Crippen molar-refractivity contribution >= 4 is 21.5 Å². The van der Waals surface area contributed by atoms with Gasteiger partial charge in [0.25, 0.3) is 0 Å². The van der Waals surface area contributed by atoms with Gasteiger partial charge in [-0.05, 0) is 36.4 Å². The third kappa shape index (κ3) is 5.61. The van der Waals surface area contributed by atoms with E-state index in [-0.39, 0.29) is 12.1 Å². The summed E-state index contributed by atoms with van der Waals surface area (Å²) in [4.78, 5) is 12.7. The minimum Gasteiger partial charge on any atom is -0.496 e. The fraction of sp³-hybridized carbons (Fsp3) is 0.208. The molecule has 0 saturated carbocycles. The van der Waals surface area contributed by atoms with Gasteiger partial charge < -0.3 is 14.2 Å². The van der Waals surface area contributed by atoms with Gasteiger partial charge in [0.2, 0.25) is 10.0 Å². The maximum absolute atomic E-state index is 13.4. The molecule has 0 fully saturated rings. The Balaban J connectivity index is 2.03. The van der Waals surface area contributed by atoms with Crippen LogP contribution < -0.4 is 18.5 Å². The topological polar surface area (TPSA) is 82.1 Å². The molecule has 0 amide bonds. The summed E-state index contributed by atoms with van der Waals surface area (Å²) in [6, 6.07) is 16.4. The van der Waals surface area contributed by atoms with E-state index in [1.165, 1.54) is 33.5 Å². The van der Waals surface area contributed by atoms with Crippen LogP contribution in [0.2, 0.25) is 0 Å². The number of rotatable bonds is 10. The number of hydrogen-bond acceptors (Lipinski definition) is 6. The van der Waals surface area contributed by atoms with Gasteiger partial charge in [0, 0.05) is 17.7 Å². The van der Waals surface area contributed by atoms with E-state index < -0.39 is 27.4 Å². The van der Waals surface area contributed by atoms with Gasteiger partial charge in [-0.25, -0.2) is 12.8 Å². The van der Waals surface area contributed by atoms with E-state index in [1.54, 1.807) is 42.5 Å². The summed E-state index contributed by atoms with van der Waals surface area (Å²) in [7, 11) is 0.258.